The molecule has 0 aliphatic carbocycles. The molecule has 2 bridgehead atoms. The van der Waals surface area contributed by atoms with Crippen molar-refractivity contribution >= 4 is 6.85 Å². The maximum atomic E-state index is 3.86. The van der Waals surface area contributed by atoms with Gasteiger partial charge in [-0.05, 0) is 37.9 Å². The fraction of sp³-hybridized carbons (Fsp3) is 1.00. The number of nitrogens with one attached hydrogen (secondary N) is 1. The molecule has 2 aliphatic rings. The first-order chi connectivity index (χ1) is 6.56. The predicted molar refractivity (Wildman–Crippen MR) is 63.8 cm³/mol. The molecule has 2 fully saturated rings. The Morgan fingerprint density at radius 1 is 0.929 bits per heavy atom. The zero-order chi connectivity index (χ0) is 10.2. The van der Waals surface area contributed by atoms with Gasteiger partial charge in [0.05, 0.1) is 0 Å². The zero-order valence-electron chi connectivity index (χ0n) is 9.97. The molecular weight excluding hydrogens is 169 g/mol. The Hall–Kier alpha value is 0.0249. The highest BCUT2D eigenvalue weighted by atomic mass is 14.9. The van der Waals surface area contributed by atoms with E-state index in [1.165, 1.54) is 38.5 Å². The van der Waals surface area contributed by atoms with Gasteiger partial charge in [0.25, 0.3) is 0 Å². The van der Waals surface area contributed by atoms with Crippen LogP contribution >= 0.6 is 0 Å². The summed E-state index contributed by atoms with van der Waals surface area (Å²) in [6.45, 7) is 7.74. The van der Waals surface area contributed by atoms with E-state index in [1.54, 1.807) is 0 Å². The average Bonchev–Trinajstić information content (AvgIpc) is 1.99. The Balaban J connectivity index is 2.01. The molecule has 2 heteroatoms. The third-order valence-electron chi connectivity index (χ3n) is 3.92. The summed E-state index contributed by atoms with van der Waals surface area (Å²) in [7, 11) is 0. The maximum absolute atomic E-state index is 3.86. The first kappa shape index (κ1) is 10.5. The van der Waals surface area contributed by atoms with Gasteiger partial charge < -0.3 is 5.23 Å². The van der Waals surface area contributed by atoms with Gasteiger partial charge in [-0.1, -0.05) is 38.5 Å². The SMILES string of the molecule is CC(C)(C)NB1C2CCCC1CCC2. The highest BCUT2D eigenvalue weighted by molar-refractivity contribution is 6.60. The van der Waals surface area contributed by atoms with Crippen molar-refractivity contribution in [3.8, 4) is 0 Å². The second-order valence-corrected chi connectivity index (χ2v) is 6.30. The summed E-state index contributed by atoms with van der Waals surface area (Å²) in [5.74, 6) is 1.98. The molecule has 0 saturated carbocycles. The van der Waals surface area contributed by atoms with Crippen LogP contribution in [-0.4, -0.2) is 12.4 Å². The van der Waals surface area contributed by atoms with Gasteiger partial charge in [0.1, 0.15) is 0 Å². The highest BCUT2D eigenvalue weighted by Crippen LogP contribution is 2.45. The Kier molecular flexibility index (Phi) is 2.92. The molecule has 0 unspecified atom stereocenters. The third-order valence-corrected chi connectivity index (χ3v) is 3.92. The van der Waals surface area contributed by atoms with Gasteiger partial charge in [0.15, 0.2) is 0 Å². The topological polar surface area (TPSA) is 12.0 Å². The van der Waals surface area contributed by atoms with Crippen LogP contribution in [0.4, 0.5) is 0 Å². The van der Waals surface area contributed by atoms with Gasteiger partial charge >= 0.3 is 0 Å². The smallest absolute Gasteiger partial charge is 0.227 e. The van der Waals surface area contributed by atoms with Crippen molar-refractivity contribution in [3.63, 3.8) is 0 Å². The minimum Gasteiger partial charge on any atom is -0.351 e. The second kappa shape index (κ2) is 3.88. The first-order valence-corrected chi connectivity index (χ1v) is 6.34. The summed E-state index contributed by atoms with van der Waals surface area (Å²) in [5, 5.41) is 3.86. The monoisotopic (exact) mass is 193 g/mol. The summed E-state index contributed by atoms with van der Waals surface area (Å²) in [4.78, 5) is 0. The molecule has 0 aromatic heterocycles. The fourth-order valence-electron chi connectivity index (χ4n) is 3.41. The van der Waals surface area contributed by atoms with Crippen LogP contribution in [0.25, 0.3) is 0 Å². The lowest BCUT2D eigenvalue weighted by Crippen LogP contribution is -2.54. The van der Waals surface area contributed by atoms with Crippen LogP contribution in [0.3, 0.4) is 0 Å². The molecule has 0 radical (unpaired) electrons. The van der Waals surface area contributed by atoms with Crippen LogP contribution in [0.2, 0.25) is 11.6 Å². The van der Waals surface area contributed by atoms with Crippen molar-refractivity contribution in [2.24, 2.45) is 0 Å². The lowest BCUT2D eigenvalue weighted by Gasteiger charge is -2.43. The van der Waals surface area contributed by atoms with E-state index in [9.17, 15) is 0 Å². The van der Waals surface area contributed by atoms with E-state index in [0.29, 0.717) is 5.54 Å². The largest absolute Gasteiger partial charge is 0.351 e. The maximum Gasteiger partial charge on any atom is 0.227 e. The molecule has 1 nitrogen and oxygen atoms in total. The zero-order valence-corrected chi connectivity index (χ0v) is 9.97. The van der Waals surface area contributed by atoms with Gasteiger partial charge in [0, 0.05) is 0 Å². The van der Waals surface area contributed by atoms with Gasteiger partial charge in [-0.15, -0.1) is 0 Å². The van der Waals surface area contributed by atoms with Crippen LogP contribution in [0.15, 0.2) is 0 Å². The molecule has 14 heavy (non-hydrogen) atoms. The minimum absolute atomic E-state index is 0.301. The van der Waals surface area contributed by atoms with Crippen molar-refractivity contribution in [2.45, 2.75) is 76.5 Å². The van der Waals surface area contributed by atoms with E-state index >= 15 is 0 Å². The first-order valence-electron chi connectivity index (χ1n) is 6.34. The van der Waals surface area contributed by atoms with E-state index in [-0.39, 0.29) is 0 Å². The molecule has 0 atom stereocenters. The molecule has 0 aromatic rings. The molecule has 80 valence electrons. The Morgan fingerprint density at radius 2 is 1.36 bits per heavy atom. The van der Waals surface area contributed by atoms with Crippen molar-refractivity contribution in [3.05, 3.63) is 0 Å². The summed E-state index contributed by atoms with van der Waals surface area (Å²) in [5.41, 5.74) is 0.301. The highest BCUT2D eigenvalue weighted by Gasteiger charge is 2.40. The summed E-state index contributed by atoms with van der Waals surface area (Å²) in [6.07, 6.45) is 8.87. The van der Waals surface area contributed by atoms with E-state index in [4.69, 9.17) is 0 Å². The quantitative estimate of drug-likeness (QED) is 0.628. The van der Waals surface area contributed by atoms with E-state index < -0.39 is 0 Å². The normalized spacial score (nSPS) is 33.2. The molecule has 0 amide bonds. The number of hydrogen-bond donors (Lipinski definition) is 1. The van der Waals surface area contributed by atoms with Crippen molar-refractivity contribution in [1.29, 1.82) is 0 Å². The number of hydrogen-bond acceptors (Lipinski definition) is 1. The Bertz CT molecular complexity index is 175. The Labute approximate surface area is 89.1 Å². The van der Waals surface area contributed by atoms with Crippen molar-refractivity contribution in [1.82, 2.24) is 5.23 Å². The molecule has 1 N–H and O–H groups in total. The van der Waals surface area contributed by atoms with Crippen LogP contribution in [0.1, 0.15) is 59.3 Å². The van der Waals surface area contributed by atoms with Crippen molar-refractivity contribution in [2.75, 3.05) is 0 Å². The average molecular weight is 193 g/mol. The van der Waals surface area contributed by atoms with Gasteiger partial charge in [-0.25, -0.2) is 0 Å². The van der Waals surface area contributed by atoms with E-state index in [0.717, 1.165) is 18.5 Å². The standard InChI is InChI=1S/C12H24BN/c1-12(2,3)14-13-10-6-4-7-11(13)9-5-8-10/h10-11,14H,4-9H2,1-3H3. The predicted octanol–water partition coefficient (Wildman–Crippen LogP) is 3.47. The van der Waals surface area contributed by atoms with Gasteiger partial charge in [-0.2, -0.15) is 0 Å². The fourth-order valence-corrected chi connectivity index (χ4v) is 3.41. The summed E-state index contributed by atoms with van der Waals surface area (Å²) in [6, 6.07) is 0. The Morgan fingerprint density at radius 3 is 1.71 bits per heavy atom. The van der Waals surface area contributed by atoms with Gasteiger partial charge in [-0.3, -0.25) is 0 Å². The lowest BCUT2D eigenvalue weighted by atomic mass is 9.34. The molecule has 0 spiro atoms. The second-order valence-electron chi connectivity index (χ2n) is 6.30. The van der Waals surface area contributed by atoms with E-state index in [1.807, 2.05) is 0 Å². The molecular formula is C12H24BN. The summed E-state index contributed by atoms with van der Waals surface area (Å²) < 4.78 is 0. The summed E-state index contributed by atoms with van der Waals surface area (Å²) >= 11 is 0. The molecule has 0 aromatic carbocycles. The van der Waals surface area contributed by atoms with Crippen LogP contribution < -0.4 is 5.23 Å². The lowest BCUT2D eigenvalue weighted by molar-refractivity contribution is 0.410. The van der Waals surface area contributed by atoms with Gasteiger partial charge in [0.2, 0.25) is 6.85 Å². The van der Waals surface area contributed by atoms with Crippen LogP contribution in [0.5, 0.6) is 0 Å². The molecule has 2 rings (SSSR count). The van der Waals surface area contributed by atoms with Crippen LogP contribution in [-0.2, 0) is 0 Å². The van der Waals surface area contributed by atoms with Crippen LogP contribution in [0, 0.1) is 0 Å². The van der Waals surface area contributed by atoms with Crippen molar-refractivity contribution < 1.29 is 0 Å². The van der Waals surface area contributed by atoms with E-state index in [2.05, 4.69) is 26.0 Å². The number of rotatable bonds is 1. The molecule has 2 heterocycles. The third kappa shape index (κ3) is 2.33. The minimum atomic E-state index is 0.301. The molecule has 2 aliphatic heterocycles. The number of fused-ring (bicyclic) bond motifs is 2. The molecule has 2 saturated heterocycles.